The van der Waals surface area contributed by atoms with Gasteiger partial charge in [0.2, 0.25) is 0 Å². The second-order valence-electron chi connectivity index (χ2n) is 9.37. The molecule has 4 aromatic rings. The van der Waals surface area contributed by atoms with Crippen LogP contribution in [0, 0.1) is 19.8 Å². The van der Waals surface area contributed by atoms with Crippen LogP contribution >= 0.6 is 11.3 Å². The Labute approximate surface area is 182 Å². The van der Waals surface area contributed by atoms with E-state index in [9.17, 15) is 8.78 Å². The molecule has 2 aliphatic rings. The number of fused-ring (bicyclic) bond motifs is 3. The van der Waals surface area contributed by atoms with Gasteiger partial charge in [0.25, 0.3) is 5.92 Å². The summed E-state index contributed by atoms with van der Waals surface area (Å²) in [5.41, 5.74) is 5.21. The third-order valence-corrected chi connectivity index (χ3v) is 8.73. The summed E-state index contributed by atoms with van der Waals surface area (Å²) in [5, 5.41) is 8.59. The Kier molecular flexibility index (Phi) is 3.83. The maximum Gasteiger partial charge on any atom is 0.264 e. The quantitative estimate of drug-likeness (QED) is 0.461. The lowest BCUT2D eigenvalue weighted by Crippen LogP contribution is -2.31. The van der Waals surface area contributed by atoms with Crippen LogP contribution < -0.4 is 5.32 Å². The van der Waals surface area contributed by atoms with Crippen LogP contribution in [-0.2, 0) is 5.41 Å². The number of aromatic nitrogens is 4. The average molecular weight is 442 g/mol. The van der Waals surface area contributed by atoms with E-state index in [2.05, 4.69) is 40.3 Å². The van der Waals surface area contributed by atoms with Gasteiger partial charge in [0.05, 0.1) is 17.0 Å². The molecule has 0 spiro atoms. The molecule has 1 aliphatic carbocycles. The Morgan fingerprint density at radius 1 is 1.29 bits per heavy atom. The summed E-state index contributed by atoms with van der Waals surface area (Å²) >= 11 is 1.53. The van der Waals surface area contributed by atoms with E-state index < -0.39 is 17.3 Å². The molecule has 2 N–H and O–H groups in total. The standard InChI is InChI=1S/C23H25F2N5S/c1-11(2)16-17-13(4)19(22-5-6-26-8-15(22)23(22,24)25)31-21(17)29-18(16)14-7-12(3)20-27-10-28-30(20)9-14/h7,9-11,15,26,29H,5-6,8H2,1-4H3. The summed E-state index contributed by atoms with van der Waals surface area (Å²) < 4.78 is 31.7. The first-order chi connectivity index (χ1) is 14.8. The molecule has 2 fully saturated rings. The molecule has 4 aromatic heterocycles. The van der Waals surface area contributed by atoms with Gasteiger partial charge in [-0.05, 0) is 55.5 Å². The van der Waals surface area contributed by atoms with E-state index in [1.54, 1.807) is 10.8 Å². The van der Waals surface area contributed by atoms with Crippen molar-refractivity contribution in [2.24, 2.45) is 5.92 Å². The van der Waals surface area contributed by atoms with E-state index in [1.807, 2.05) is 20.0 Å². The highest BCUT2D eigenvalue weighted by molar-refractivity contribution is 7.19. The molecule has 5 heterocycles. The molecule has 8 heteroatoms. The summed E-state index contributed by atoms with van der Waals surface area (Å²) in [4.78, 5) is 9.79. The van der Waals surface area contributed by atoms with Gasteiger partial charge in [-0.25, -0.2) is 18.3 Å². The molecule has 2 atom stereocenters. The molecule has 0 bridgehead atoms. The maximum atomic E-state index is 15.0. The molecule has 1 saturated carbocycles. The number of H-pyrrole nitrogens is 1. The highest BCUT2D eigenvalue weighted by Crippen LogP contribution is 2.71. The van der Waals surface area contributed by atoms with Crippen molar-refractivity contribution in [3.63, 3.8) is 0 Å². The first kappa shape index (κ1) is 19.4. The summed E-state index contributed by atoms with van der Waals surface area (Å²) in [6, 6.07) is 2.12. The van der Waals surface area contributed by atoms with Crippen molar-refractivity contribution in [2.75, 3.05) is 13.1 Å². The number of thiophene rings is 1. The summed E-state index contributed by atoms with van der Waals surface area (Å²) in [5.74, 6) is -2.97. The fourth-order valence-corrected chi connectivity index (χ4v) is 7.36. The molecule has 6 rings (SSSR count). The van der Waals surface area contributed by atoms with Gasteiger partial charge in [0.1, 0.15) is 11.2 Å². The molecule has 2 unspecified atom stereocenters. The third-order valence-electron chi connectivity index (χ3n) is 7.34. The van der Waals surface area contributed by atoms with Crippen LogP contribution in [0.2, 0.25) is 0 Å². The van der Waals surface area contributed by atoms with Gasteiger partial charge in [0.15, 0.2) is 5.65 Å². The lowest BCUT2D eigenvalue weighted by atomic mass is 9.89. The SMILES string of the molecule is Cc1c(C23CCNCC2C3(F)F)sc2[nH]c(-c3cc(C)c4ncnn4c3)c(C(C)C)c12. The largest absolute Gasteiger partial charge is 0.346 e. The zero-order valence-corrected chi connectivity index (χ0v) is 18.8. The first-order valence-corrected chi connectivity index (χ1v) is 11.6. The van der Waals surface area contributed by atoms with Crippen LogP contribution in [0.3, 0.4) is 0 Å². The van der Waals surface area contributed by atoms with Crippen molar-refractivity contribution in [3.8, 4) is 11.3 Å². The Morgan fingerprint density at radius 3 is 2.84 bits per heavy atom. The van der Waals surface area contributed by atoms with E-state index in [4.69, 9.17) is 0 Å². The third kappa shape index (κ3) is 2.32. The lowest BCUT2D eigenvalue weighted by Gasteiger charge is -2.21. The van der Waals surface area contributed by atoms with Crippen molar-refractivity contribution in [1.82, 2.24) is 24.9 Å². The molecular weight excluding hydrogens is 416 g/mol. The smallest absolute Gasteiger partial charge is 0.264 e. The van der Waals surface area contributed by atoms with Crippen molar-refractivity contribution in [3.05, 3.63) is 40.2 Å². The van der Waals surface area contributed by atoms with Crippen molar-refractivity contribution in [1.29, 1.82) is 0 Å². The monoisotopic (exact) mass is 441 g/mol. The minimum absolute atomic E-state index is 0.248. The topological polar surface area (TPSA) is 58.0 Å². The molecule has 5 nitrogen and oxygen atoms in total. The molecule has 0 aromatic carbocycles. The van der Waals surface area contributed by atoms with Gasteiger partial charge in [-0.3, -0.25) is 0 Å². The minimum atomic E-state index is -2.63. The molecule has 162 valence electrons. The van der Waals surface area contributed by atoms with Crippen LogP contribution in [0.4, 0.5) is 8.78 Å². The van der Waals surface area contributed by atoms with Gasteiger partial charge in [-0.1, -0.05) is 13.8 Å². The van der Waals surface area contributed by atoms with Crippen molar-refractivity contribution >= 4 is 27.2 Å². The van der Waals surface area contributed by atoms with E-state index in [-0.39, 0.29) is 5.92 Å². The van der Waals surface area contributed by atoms with Gasteiger partial charge in [-0.2, -0.15) is 5.10 Å². The zero-order chi connectivity index (χ0) is 21.7. The average Bonchev–Trinajstić information content (AvgIpc) is 3.22. The molecule has 1 saturated heterocycles. The van der Waals surface area contributed by atoms with Gasteiger partial charge < -0.3 is 10.3 Å². The van der Waals surface area contributed by atoms with Crippen LogP contribution in [-0.4, -0.2) is 38.6 Å². The van der Waals surface area contributed by atoms with E-state index >= 15 is 0 Å². The Morgan fingerprint density at radius 2 is 2.10 bits per heavy atom. The van der Waals surface area contributed by atoms with Crippen LogP contribution in [0.15, 0.2) is 18.6 Å². The van der Waals surface area contributed by atoms with Gasteiger partial charge in [-0.15, -0.1) is 11.3 Å². The molecule has 31 heavy (non-hydrogen) atoms. The Hall–Kier alpha value is -2.32. The summed E-state index contributed by atoms with van der Waals surface area (Å²) in [6.07, 6.45) is 4.05. The number of hydrogen-bond donors (Lipinski definition) is 2. The highest BCUT2D eigenvalue weighted by Gasteiger charge is 2.81. The summed E-state index contributed by atoms with van der Waals surface area (Å²) in [7, 11) is 0. The Bertz CT molecular complexity index is 1350. The highest BCUT2D eigenvalue weighted by atomic mass is 32.1. The number of halogens is 2. The van der Waals surface area contributed by atoms with Crippen molar-refractivity contribution < 1.29 is 8.78 Å². The molecular formula is C23H25F2N5S. The van der Waals surface area contributed by atoms with Gasteiger partial charge in [0, 0.05) is 28.6 Å². The first-order valence-electron chi connectivity index (χ1n) is 10.8. The fourth-order valence-electron chi connectivity index (χ4n) is 5.82. The molecule has 0 amide bonds. The number of aromatic amines is 1. The lowest BCUT2D eigenvalue weighted by molar-refractivity contribution is 0.0786. The number of piperidine rings is 1. The zero-order valence-electron chi connectivity index (χ0n) is 18.0. The van der Waals surface area contributed by atoms with Crippen LogP contribution in [0.5, 0.6) is 0 Å². The summed E-state index contributed by atoms with van der Waals surface area (Å²) in [6.45, 7) is 9.45. The van der Waals surface area contributed by atoms with Crippen molar-refractivity contribution in [2.45, 2.75) is 51.4 Å². The number of nitrogens with zero attached hydrogens (tertiary/aromatic N) is 3. The Balaban J connectivity index is 1.56. The van der Waals surface area contributed by atoms with E-state index in [0.717, 1.165) is 43.1 Å². The number of hydrogen-bond acceptors (Lipinski definition) is 4. The maximum absolute atomic E-state index is 15.0. The van der Waals surface area contributed by atoms with E-state index in [0.29, 0.717) is 19.5 Å². The van der Waals surface area contributed by atoms with Gasteiger partial charge >= 0.3 is 0 Å². The minimum Gasteiger partial charge on any atom is -0.346 e. The number of rotatable bonds is 3. The normalized spacial score (nSPS) is 24.9. The van der Waals surface area contributed by atoms with E-state index in [1.165, 1.54) is 16.9 Å². The predicted octanol–water partition coefficient (Wildman–Crippen LogP) is 5.18. The number of alkyl halides is 2. The number of aryl methyl sites for hydroxylation is 2. The fraction of sp³-hybridized carbons (Fsp3) is 0.478. The predicted molar refractivity (Wildman–Crippen MR) is 119 cm³/mol. The molecule has 1 aliphatic heterocycles. The number of pyridine rings is 1. The second kappa shape index (κ2) is 6.13. The van der Waals surface area contributed by atoms with Crippen LogP contribution in [0.1, 0.15) is 47.8 Å². The second-order valence-corrected chi connectivity index (χ2v) is 10.4. The molecule has 0 radical (unpaired) electrons. The van der Waals surface area contributed by atoms with Crippen LogP contribution in [0.25, 0.3) is 27.1 Å². The number of nitrogens with one attached hydrogen (secondary N) is 2.